The smallest absolute Gasteiger partial charge is 0.357 e. The van der Waals surface area contributed by atoms with Gasteiger partial charge in [-0.2, -0.15) is 4.21 Å². The highest BCUT2D eigenvalue weighted by molar-refractivity contribution is 7.74. The summed E-state index contributed by atoms with van der Waals surface area (Å²) in [6.45, 7) is 2.84. The largest absolute Gasteiger partial charge is 0.491 e. The van der Waals surface area contributed by atoms with Crippen LogP contribution < -0.4 is 19.0 Å². The van der Waals surface area contributed by atoms with Crippen molar-refractivity contribution in [2.45, 2.75) is 13.8 Å². The van der Waals surface area contributed by atoms with Crippen LogP contribution in [0.1, 0.15) is 12.5 Å². The number of carbonyl (C=O) groups excluding carboxylic acids is 1. The number of aryl methyl sites for hydroxylation is 1. The van der Waals surface area contributed by atoms with Crippen LogP contribution in [0.15, 0.2) is 40.6 Å². The Hall–Kier alpha value is -3.06. The van der Waals surface area contributed by atoms with Gasteiger partial charge in [0.15, 0.2) is 5.75 Å². The van der Waals surface area contributed by atoms with Gasteiger partial charge in [0.25, 0.3) is 0 Å². The van der Waals surface area contributed by atoms with Crippen molar-refractivity contribution in [2.75, 3.05) is 31.7 Å². The van der Waals surface area contributed by atoms with E-state index in [1.165, 1.54) is 25.1 Å². The van der Waals surface area contributed by atoms with E-state index < -0.39 is 11.4 Å². The van der Waals surface area contributed by atoms with Crippen molar-refractivity contribution in [3.63, 3.8) is 0 Å². The predicted molar refractivity (Wildman–Crippen MR) is 113 cm³/mol. The molecule has 0 saturated carbocycles. The van der Waals surface area contributed by atoms with Crippen molar-refractivity contribution in [3.8, 4) is 17.2 Å². The van der Waals surface area contributed by atoms with Crippen LogP contribution in [0, 0.1) is 6.92 Å². The Labute approximate surface area is 181 Å². The zero-order chi connectivity index (χ0) is 22.8. The summed E-state index contributed by atoms with van der Waals surface area (Å²) in [6, 6.07) is 7.51. The van der Waals surface area contributed by atoms with Gasteiger partial charge in [-0.25, -0.2) is 0 Å². The molecule has 4 N–H and O–H groups in total. The molecule has 0 heterocycles. The number of carbonyl (C=O) groups is 1. The Bertz CT molecular complexity index is 967. The Morgan fingerprint density at radius 2 is 1.65 bits per heavy atom. The number of aliphatic hydroxyl groups excluding tert-OH is 2. The number of ether oxygens (including phenoxy) is 2. The van der Waals surface area contributed by atoms with E-state index in [0.717, 1.165) is 5.56 Å². The molecule has 0 spiro atoms. The van der Waals surface area contributed by atoms with Crippen LogP contribution in [-0.4, -0.2) is 51.3 Å². The van der Waals surface area contributed by atoms with Gasteiger partial charge >= 0.3 is 11.4 Å². The maximum atomic E-state index is 11.2. The van der Waals surface area contributed by atoms with E-state index in [1.807, 2.05) is 0 Å². The van der Waals surface area contributed by atoms with Crippen LogP contribution in [0.4, 0.5) is 17.1 Å². The number of aliphatic hydroxyl groups is 2. The van der Waals surface area contributed by atoms with E-state index in [1.54, 1.807) is 19.1 Å². The van der Waals surface area contributed by atoms with Crippen molar-refractivity contribution in [2.24, 2.45) is 10.2 Å². The molecule has 0 fully saturated rings. The summed E-state index contributed by atoms with van der Waals surface area (Å²) in [6.07, 6.45) is 0. The molecule has 11 nitrogen and oxygen atoms in total. The number of hydrogen-bond donors (Lipinski definition) is 4. The Balaban J connectivity index is 2.43. The fourth-order valence-corrected chi connectivity index (χ4v) is 2.73. The maximum Gasteiger partial charge on any atom is 0.357 e. The molecule has 0 aliphatic carbocycles. The summed E-state index contributed by atoms with van der Waals surface area (Å²) in [7, 11) is 0. The summed E-state index contributed by atoms with van der Waals surface area (Å²) in [4.78, 5) is 11.2. The number of anilines is 1. The first kappa shape index (κ1) is 24.2. The lowest BCUT2D eigenvalue weighted by molar-refractivity contribution is -0.114. The molecular formula is C19H23N3O8S. The van der Waals surface area contributed by atoms with E-state index >= 15 is 0 Å². The first-order valence-electron chi connectivity index (χ1n) is 9.08. The monoisotopic (exact) mass is 453 g/mol. The van der Waals surface area contributed by atoms with Gasteiger partial charge < -0.3 is 29.2 Å². The van der Waals surface area contributed by atoms with E-state index in [9.17, 15) is 9.00 Å². The molecule has 2 aromatic carbocycles. The third-order valence-corrected chi connectivity index (χ3v) is 3.98. The van der Waals surface area contributed by atoms with Crippen LogP contribution in [0.3, 0.4) is 0 Å². The van der Waals surface area contributed by atoms with Gasteiger partial charge in [0, 0.05) is 24.7 Å². The minimum Gasteiger partial charge on any atom is -0.491 e. The molecule has 1 atom stereocenters. The average molecular weight is 453 g/mol. The zero-order valence-electron chi connectivity index (χ0n) is 16.9. The van der Waals surface area contributed by atoms with Gasteiger partial charge in [-0.05, 0) is 30.7 Å². The quantitative estimate of drug-likeness (QED) is 0.298. The third-order valence-electron chi connectivity index (χ3n) is 3.66. The van der Waals surface area contributed by atoms with Gasteiger partial charge in [-0.3, -0.25) is 9.35 Å². The van der Waals surface area contributed by atoms with Gasteiger partial charge in [0.2, 0.25) is 5.91 Å². The molecule has 168 valence electrons. The molecule has 2 aromatic rings. The summed E-state index contributed by atoms with van der Waals surface area (Å²) in [5.74, 6) is 0.367. The highest BCUT2D eigenvalue weighted by Gasteiger charge is 2.12. The number of rotatable bonds is 11. The molecule has 2 rings (SSSR count). The molecule has 0 bridgehead atoms. The Morgan fingerprint density at radius 1 is 1.00 bits per heavy atom. The van der Waals surface area contributed by atoms with E-state index in [0.29, 0.717) is 17.2 Å². The highest BCUT2D eigenvalue weighted by atomic mass is 32.2. The van der Waals surface area contributed by atoms with Crippen molar-refractivity contribution >= 4 is 34.3 Å². The third kappa shape index (κ3) is 7.61. The molecule has 31 heavy (non-hydrogen) atoms. The average Bonchev–Trinajstić information content (AvgIpc) is 2.70. The Kier molecular flexibility index (Phi) is 9.34. The second-order valence-electron chi connectivity index (χ2n) is 6.09. The molecule has 0 aromatic heterocycles. The second kappa shape index (κ2) is 12.0. The summed E-state index contributed by atoms with van der Waals surface area (Å²) in [5.41, 5.74) is 1.44. The minimum atomic E-state index is -2.63. The fourth-order valence-electron chi connectivity index (χ4n) is 2.44. The second-order valence-corrected chi connectivity index (χ2v) is 6.69. The molecule has 0 aliphatic heterocycles. The first-order valence-corrected chi connectivity index (χ1v) is 10.1. The van der Waals surface area contributed by atoms with Gasteiger partial charge in [0.1, 0.15) is 36.1 Å². The number of azo groups is 1. The summed E-state index contributed by atoms with van der Waals surface area (Å²) >= 11 is -2.63. The van der Waals surface area contributed by atoms with Crippen LogP contribution in [-0.2, 0) is 16.2 Å². The fraction of sp³-hybridized carbons (Fsp3) is 0.316. The molecule has 0 aliphatic rings. The normalized spacial score (nSPS) is 11.9. The maximum absolute atomic E-state index is 11.2. The zero-order valence-corrected chi connectivity index (χ0v) is 17.7. The Morgan fingerprint density at radius 3 is 2.26 bits per heavy atom. The number of nitrogens with zero attached hydrogens (tertiary/aromatic N) is 2. The van der Waals surface area contributed by atoms with Crippen LogP contribution in [0.5, 0.6) is 17.2 Å². The van der Waals surface area contributed by atoms with Crippen LogP contribution in [0.2, 0.25) is 0 Å². The van der Waals surface area contributed by atoms with Gasteiger partial charge in [-0.15, -0.1) is 10.2 Å². The minimum absolute atomic E-state index is 0.0298. The van der Waals surface area contributed by atoms with Crippen LogP contribution >= 0.6 is 0 Å². The van der Waals surface area contributed by atoms with Crippen molar-refractivity contribution in [3.05, 3.63) is 35.9 Å². The highest BCUT2D eigenvalue weighted by Crippen LogP contribution is 2.38. The lowest BCUT2D eigenvalue weighted by Crippen LogP contribution is -2.06. The molecule has 1 unspecified atom stereocenters. The topological polar surface area (TPSA) is 159 Å². The number of nitrogens with one attached hydrogen (secondary N) is 1. The van der Waals surface area contributed by atoms with Gasteiger partial charge in [0.05, 0.1) is 13.2 Å². The number of hydrogen-bond acceptors (Lipinski definition) is 9. The summed E-state index contributed by atoms with van der Waals surface area (Å²) in [5, 5.41) is 28.8. The lowest BCUT2D eigenvalue weighted by Gasteiger charge is -2.13. The van der Waals surface area contributed by atoms with E-state index in [-0.39, 0.29) is 49.5 Å². The summed E-state index contributed by atoms with van der Waals surface area (Å²) < 4.78 is 36.0. The van der Waals surface area contributed by atoms with E-state index in [4.69, 9.17) is 28.4 Å². The number of amides is 1. The predicted octanol–water partition coefficient (Wildman–Crippen LogP) is 2.63. The first-order chi connectivity index (χ1) is 14.8. The standard InChI is InChI=1S/C19H23N3O8S/c1-12-9-18(29-8-6-24)16(11-17(12)28-7-5-23)22-21-15-4-3-14(20-13(2)25)10-19(15)30-31(26)27/h3-4,9-11,23-24H,5-8H2,1-2H3,(H,20,25)(H,26,27). The van der Waals surface area contributed by atoms with Crippen molar-refractivity contribution in [1.82, 2.24) is 0 Å². The molecule has 12 heteroatoms. The van der Waals surface area contributed by atoms with E-state index in [2.05, 4.69) is 15.5 Å². The SMILES string of the molecule is CC(=O)Nc1ccc(N=Nc2cc(OCCO)c(C)cc2OCCO)c(OS(=O)O)c1. The molecule has 1 amide bonds. The van der Waals surface area contributed by atoms with Crippen LogP contribution in [0.25, 0.3) is 0 Å². The van der Waals surface area contributed by atoms with Gasteiger partial charge in [-0.1, -0.05) is 0 Å². The molecule has 0 saturated heterocycles. The van der Waals surface area contributed by atoms with Crippen molar-refractivity contribution in [1.29, 1.82) is 0 Å². The number of benzene rings is 2. The molecule has 0 radical (unpaired) electrons. The lowest BCUT2D eigenvalue weighted by atomic mass is 10.2. The molecular weight excluding hydrogens is 430 g/mol. The van der Waals surface area contributed by atoms with Crippen molar-refractivity contribution < 1.29 is 37.4 Å².